The minimum absolute atomic E-state index is 0.0433. The Labute approximate surface area is 175 Å². The first kappa shape index (κ1) is 20.2. The highest BCUT2D eigenvalue weighted by Crippen LogP contribution is 2.48. The largest absolute Gasteiger partial charge is 0.444 e. The van der Waals surface area contributed by atoms with Gasteiger partial charge in [0.2, 0.25) is 0 Å². The van der Waals surface area contributed by atoms with Gasteiger partial charge in [-0.2, -0.15) is 0 Å². The molecule has 0 spiro atoms. The molecule has 3 aliphatic rings. The molecule has 160 valence electrons. The van der Waals surface area contributed by atoms with Crippen LogP contribution in [0.2, 0.25) is 0 Å². The second-order valence-electron chi connectivity index (χ2n) is 8.97. The number of aliphatic imine (C=N–C) groups is 1. The van der Waals surface area contributed by atoms with Crippen molar-refractivity contribution in [2.75, 3.05) is 23.3 Å². The molecule has 2 amide bonds. The SMILES string of the molecule is CC1=NC2C(=C1)Nc1c(C(N)=O)ncc(N3CCC[C@@H](NC(=O)OC(C)(C)C)C3)c12. The first-order valence-corrected chi connectivity index (χ1v) is 10.2. The summed E-state index contributed by atoms with van der Waals surface area (Å²) in [5.41, 5.74) is 9.55. The molecular weight excluding hydrogens is 384 g/mol. The van der Waals surface area contributed by atoms with E-state index in [2.05, 4.69) is 20.5 Å². The smallest absolute Gasteiger partial charge is 0.407 e. The number of nitrogens with one attached hydrogen (secondary N) is 2. The number of amides is 2. The number of carbonyl (C=O) groups excluding carboxylic acids is 2. The molecule has 0 saturated carbocycles. The van der Waals surface area contributed by atoms with Crippen molar-refractivity contribution in [2.45, 2.75) is 58.2 Å². The standard InChI is InChI=1S/C21H28N6O3/c1-11-8-13-16(24-11)15-14(9-23-18(19(22)28)17(15)26-13)27-7-5-6-12(10-27)25-20(29)30-21(2,3)4/h8-9,12,16,26H,5-7,10H2,1-4H3,(H2,22,28)(H,25,29)/t12-,16?/m1/s1. The van der Waals surface area contributed by atoms with Gasteiger partial charge in [0, 0.05) is 36.1 Å². The van der Waals surface area contributed by atoms with E-state index in [9.17, 15) is 9.59 Å². The Morgan fingerprint density at radius 2 is 2.13 bits per heavy atom. The van der Waals surface area contributed by atoms with Gasteiger partial charge in [-0.25, -0.2) is 9.78 Å². The lowest BCUT2D eigenvalue weighted by Crippen LogP contribution is -2.49. The second kappa shape index (κ2) is 7.30. The Bertz CT molecular complexity index is 962. The van der Waals surface area contributed by atoms with Crippen molar-refractivity contribution in [2.24, 2.45) is 10.7 Å². The fraction of sp³-hybridized carbons (Fsp3) is 0.524. The van der Waals surface area contributed by atoms with Gasteiger partial charge in [0.15, 0.2) is 5.69 Å². The maximum absolute atomic E-state index is 12.2. The Morgan fingerprint density at radius 3 is 2.83 bits per heavy atom. The van der Waals surface area contributed by atoms with Gasteiger partial charge in [0.05, 0.1) is 17.6 Å². The number of hydrogen-bond donors (Lipinski definition) is 3. The van der Waals surface area contributed by atoms with Crippen LogP contribution >= 0.6 is 0 Å². The third kappa shape index (κ3) is 3.83. The van der Waals surface area contributed by atoms with Crippen molar-refractivity contribution in [3.05, 3.63) is 29.2 Å². The minimum Gasteiger partial charge on any atom is -0.444 e. The Kier molecular flexibility index (Phi) is 4.91. The number of aromatic nitrogens is 1. The molecule has 0 radical (unpaired) electrons. The number of hydrogen-bond acceptors (Lipinski definition) is 7. The van der Waals surface area contributed by atoms with E-state index in [-0.39, 0.29) is 17.8 Å². The summed E-state index contributed by atoms with van der Waals surface area (Å²) in [6, 6.07) is -0.228. The number of alkyl carbamates (subject to hydrolysis) is 1. The number of anilines is 2. The molecule has 1 saturated heterocycles. The molecule has 3 aliphatic heterocycles. The van der Waals surface area contributed by atoms with Crippen LogP contribution in [-0.2, 0) is 4.74 Å². The van der Waals surface area contributed by atoms with Crippen LogP contribution in [0, 0.1) is 0 Å². The maximum Gasteiger partial charge on any atom is 0.407 e. The quantitative estimate of drug-likeness (QED) is 0.701. The summed E-state index contributed by atoms with van der Waals surface area (Å²) in [6.45, 7) is 8.93. The summed E-state index contributed by atoms with van der Waals surface area (Å²) in [5.74, 6) is -0.574. The van der Waals surface area contributed by atoms with E-state index in [4.69, 9.17) is 15.5 Å². The predicted octanol–water partition coefficient (Wildman–Crippen LogP) is 2.50. The first-order chi connectivity index (χ1) is 14.1. The van der Waals surface area contributed by atoms with Gasteiger partial charge in [-0.15, -0.1) is 0 Å². The third-order valence-electron chi connectivity index (χ3n) is 5.35. The summed E-state index contributed by atoms with van der Waals surface area (Å²) < 4.78 is 5.40. The average Bonchev–Trinajstić information content (AvgIpc) is 3.15. The number of pyridine rings is 1. The van der Waals surface area contributed by atoms with E-state index in [1.807, 2.05) is 33.8 Å². The van der Waals surface area contributed by atoms with Gasteiger partial charge in [-0.3, -0.25) is 9.79 Å². The van der Waals surface area contributed by atoms with Gasteiger partial charge in [0.25, 0.3) is 5.91 Å². The normalized spacial score (nSPS) is 22.5. The van der Waals surface area contributed by atoms with Crippen molar-refractivity contribution in [1.82, 2.24) is 10.3 Å². The van der Waals surface area contributed by atoms with Gasteiger partial charge >= 0.3 is 6.09 Å². The molecule has 2 atom stereocenters. The lowest BCUT2D eigenvalue weighted by molar-refractivity contribution is 0.0499. The monoisotopic (exact) mass is 412 g/mol. The Morgan fingerprint density at radius 1 is 1.37 bits per heavy atom. The number of nitrogens with zero attached hydrogens (tertiary/aromatic N) is 3. The molecule has 1 aromatic heterocycles. The molecule has 4 rings (SSSR count). The van der Waals surface area contributed by atoms with Gasteiger partial charge in [-0.1, -0.05) is 0 Å². The molecule has 0 bridgehead atoms. The average molecular weight is 412 g/mol. The van der Waals surface area contributed by atoms with E-state index in [0.29, 0.717) is 12.2 Å². The highest BCUT2D eigenvalue weighted by Gasteiger charge is 2.38. The maximum atomic E-state index is 12.2. The van der Waals surface area contributed by atoms with Gasteiger partial charge in [0.1, 0.15) is 11.6 Å². The molecule has 9 heteroatoms. The molecule has 4 N–H and O–H groups in total. The summed E-state index contributed by atoms with van der Waals surface area (Å²) in [4.78, 5) is 35.4. The highest BCUT2D eigenvalue weighted by atomic mass is 16.6. The van der Waals surface area contributed by atoms with Crippen molar-refractivity contribution < 1.29 is 14.3 Å². The Hall–Kier alpha value is -3.10. The second-order valence-corrected chi connectivity index (χ2v) is 8.97. The number of ether oxygens (including phenoxy) is 1. The van der Waals surface area contributed by atoms with Crippen molar-refractivity contribution in [3.63, 3.8) is 0 Å². The van der Waals surface area contributed by atoms with E-state index < -0.39 is 17.6 Å². The number of primary amides is 1. The lowest BCUT2D eigenvalue weighted by Gasteiger charge is -2.36. The summed E-state index contributed by atoms with van der Waals surface area (Å²) in [6.07, 6.45) is 5.04. The number of fused-ring (bicyclic) bond motifs is 3. The molecule has 0 aliphatic carbocycles. The van der Waals surface area contributed by atoms with Crippen LogP contribution in [0.4, 0.5) is 16.2 Å². The van der Waals surface area contributed by atoms with Crippen molar-refractivity contribution >= 4 is 29.1 Å². The predicted molar refractivity (Wildman–Crippen MR) is 115 cm³/mol. The third-order valence-corrected chi connectivity index (χ3v) is 5.35. The number of allylic oxidation sites excluding steroid dienone is 1. The van der Waals surface area contributed by atoms with Gasteiger partial charge in [-0.05, 0) is 46.6 Å². The summed E-state index contributed by atoms with van der Waals surface area (Å²) in [5, 5.41) is 6.27. The summed E-state index contributed by atoms with van der Waals surface area (Å²) >= 11 is 0. The zero-order valence-electron chi connectivity index (χ0n) is 17.8. The summed E-state index contributed by atoms with van der Waals surface area (Å²) in [7, 11) is 0. The molecular formula is C21H28N6O3. The number of piperidine rings is 1. The zero-order valence-corrected chi connectivity index (χ0v) is 17.8. The minimum atomic E-state index is -0.574. The van der Waals surface area contributed by atoms with Crippen LogP contribution < -0.4 is 21.3 Å². The molecule has 30 heavy (non-hydrogen) atoms. The van der Waals surface area contributed by atoms with Gasteiger partial charge < -0.3 is 26.0 Å². The topological polar surface area (TPSA) is 122 Å². The number of nitrogens with two attached hydrogens (primary N) is 1. The highest BCUT2D eigenvalue weighted by molar-refractivity contribution is 6.03. The fourth-order valence-corrected chi connectivity index (χ4v) is 4.23. The van der Waals surface area contributed by atoms with E-state index >= 15 is 0 Å². The van der Waals surface area contributed by atoms with Crippen LogP contribution in [0.5, 0.6) is 0 Å². The van der Waals surface area contributed by atoms with Crippen molar-refractivity contribution in [3.8, 4) is 0 Å². The van der Waals surface area contributed by atoms with E-state index in [1.165, 1.54) is 0 Å². The zero-order chi connectivity index (χ0) is 21.6. The van der Waals surface area contributed by atoms with Crippen LogP contribution in [0.1, 0.15) is 62.6 Å². The van der Waals surface area contributed by atoms with E-state index in [0.717, 1.165) is 42.0 Å². The number of rotatable bonds is 3. The van der Waals surface area contributed by atoms with Crippen molar-refractivity contribution in [1.29, 1.82) is 0 Å². The fourth-order valence-electron chi connectivity index (χ4n) is 4.23. The Balaban J connectivity index is 1.60. The van der Waals surface area contributed by atoms with Crippen LogP contribution in [0.15, 0.2) is 23.0 Å². The number of carbonyl (C=O) groups is 2. The van der Waals surface area contributed by atoms with E-state index in [1.54, 1.807) is 6.20 Å². The lowest BCUT2D eigenvalue weighted by atomic mass is 10.0. The molecule has 0 aromatic carbocycles. The van der Waals surface area contributed by atoms with Crippen LogP contribution in [0.25, 0.3) is 0 Å². The van der Waals surface area contributed by atoms with Crippen LogP contribution in [-0.4, -0.2) is 47.4 Å². The first-order valence-electron chi connectivity index (χ1n) is 10.2. The molecule has 1 aromatic rings. The molecule has 4 heterocycles. The molecule has 1 unspecified atom stereocenters. The molecule has 1 fully saturated rings. The molecule has 9 nitrogen and oxygen atoms in total. The van der Waals surface area contributed by atoms with Crippen LogP contribution in [0.3, 0.4) is 0 Å².